The number of rotatable bonds is 3. The second-order valence-corrected chi connectivity index (χ2v) is 4.40. The van der Waals surface area contributed by atoms with Crippen molar-refractivity contribution in [2.24, 2.45) is 0 Å². The van der Waals surface area contributed by atoms with Crippen molar-refractivity contribution in [3.63, 3.8) is 0 Å². The second-order valence-electron chi connectivity index (χ2n) is 3.96. The lowest BCUT2D eigenvalue weighted by atomic mass is 10.3. The number of hydrogen-bond donors (Lipinski definition) is 2. The van der Waals surface area contributed by atoms with Crippen molar-refractivity contribution in [3.8, 4) is 5.75 Å². The van der Waals surface area contributed by atoms with Crippen LogP contribution in [-0.2, 0) is 0 Å². The molecule has 1 aromatic heterocycles. The van der Waals surface area contributed by atoms with Crippen molar-refractivity contribution in [2.75, 3.05) is 17.7 Å². The van der Waals surface area contributed by atoms with Crippen LogP contribution in [-0.4, -0.2) is 18.1 Å². The standard InChI is InChI=1S/C13H10ClF2N3O2/c1-21-10-3-7(14)2-8(4-10)17-13(20)18-9-5-11(15)19-12(16)6-9/h2-6H,1H3,(H2,17,18,19,20). The van der Waals surface area contributed by atoms with E-state index in [4.69, 9.17) is 16.3 Å². The zero-order valence-electron chi connectivity index (χ0n) is 10.8. The highest BCUT2D eigenvalue weighted by atomic mass is 35.5. The minimum absolute atomic E-state index is 0.0634. The molecule has 0 radical (unpaired) electrons. The van der Waals surface area contributed by atoms with E-state index in [9.17, 15) is 13.6 Å². The second kappa shape index (κ2) is 6.36. The van der Waals surface area contributed by atoms with E-state index in [-0.39, 0.29) is 5.69 Å². The first-order valence-electron chi connectivity index (χ1n) is 5.72. The Kier molecular flexibility index (Phi) is 4.54. The van der Waals surface area contributed by atoms with Crippen LogP contribution in [0.25, 0.3) is 0 Å². The highest BCUT2D eigenvalue weighted by Crippen LogP contribution is 2.24. The van der Waals surface area contributed by atoms with Crippen molar-refractivity contribution in [3.05, 3.63) is 47.2 Å². The number of halogens is 3. The molecule has 1 heterocycles. The van der Waals surface area contributed by atoms with E-state index in [0.717, 1.165) is 12.1 Å². The fourth-order valence-electron chi connectivity index (χ4n) is 1.58. The van der Waals surface area contributed by atoms with Gasteiger partial charge in [0.2, 0.25) is 11.9 Å². The number of anilines is 2. The molecule has 0 aliphatic carbocycles. The average Bonchev–Trinajstić information content (AvgIpc) is 2.36. The highest BCUT2D eigenvalue weighted by molar-refractivity contribution is 6.31. The molecule has 0 aliphatic heterocycles. The van der Waals surface area contributed by atoms with Crippen LogP contribution in [0, 0.1) is 11.9 Å². The van der Waals surface area contributed by atoms with Gasteiger partial charge in [0.1, 0.15) is 5.75 Å². The molecule has 21 heavy (non-hydrogen) atoms. The predicted octanol–water partition coefficient (Wildman–Crippen LogP) is 3.67. The zero-order valence-corrected chi connectivity index (χ0v) is 11.5. The van der Waals surface area contributed by atoms with Crippen LogP contribution in [0.15, 0.2) is 30.3 Å². The van der Waals surface area contributed by atoms with E-state index >= 15 is 0 Å². The Balaban J connectivity index is 2.09. The predicted molar refractivity (Wildman–Crippen MR) is 74.8 cm³/mol. The van der Waals surface area contributed by atoms with Gasteiger partial charge < -0.3 is 15.4 Å². The number of nitrogens with one attached hydrogen (secondary N) is 2. The van der Waals surface area contributed by atoms with Crippen LogP contribution in [0.3, 0.4) is 0 Å². The molecule has 0 spiro atoms. The summed E-state index contributed by atoms with van der Waals surface area (Å²) in [6.45, 7) is 0. The molecule has 2 rings (SSSR count). The Morgan fingerprint density at radius 2 is 1.67 bits per heavy atom. The number of pyridine rings is 1. The minimum atomic E-state index is -1.03. The summed E-state index contributed by atoms with van der Waals surface area (Å²) in [5, 5.41) is 5.11. The molecule has 0 atom stereocenters. The van der Waals surface area contributed by atoms with Gasteiger partial charge in [-0.2, -0.15) is 13.8 Å². The maximum absolute atomic E-state index is 12.9. The Morgan fingerprint density at radius 1 is 1.10 bits per heavy atom. The molecule has 8 heteroatoms. The van der Waals surface area contributed by atoms with Crippen LogP contribution < -0.4 is 15.4 Å². The fourth-order valence-corrected chi connectivity index (χ4v) is 1.81. The van der Waals surface area contributed by atoms with Crippen LogP contribution in [0.1, 0.15) is 0 Å². The third-order valence-electron chi connectivity index (χ3n) is 2.39. The molecule has 0 saturated carbocycles. The van der Waals surface area contributed by atoms with Crippen LogP contribution in [0.4, 0.5) is 25.0 Å². The molecule has 2 aromatic rings. The van der Waals surface area contributed by atoms with E-state index in [1.807, 2.05) is 0 Å². The van der Waals surface area contributed by atoms with Crippen molar-refractivity contribution >= 4 is 29.0 Å². The molecule has 0 fully saturated rings. The summed E-state index contributed by atoms with van der Waals surface area (Å²) in [5.74, 6) is -1.61. The lowest BCUT2D eigenvalue weighted by molar-refractivity contribution is 0.262. The van der Waals surface area contributed by atoms with Gasteiger partial charge in [0.25, 0.3) is 0 Å². The summed E-state index contributed by atoms with van der Waals surface area (Å²) >= 11 is 5.85. The first-order chi connectivity index (χ1) is 9.96. The molecule has 0 bridgehead atoms. The number of ether oxygens (including phenoxy) is 1. The normalized spacial score (nSPS) is 10.1. The smallest absolute Gasteiger partial charge is 0.323 e. The Hall–Kier alpha value is -2.41. The zero-order chi connectivity index (χ0) is 15.4. The van der Waals surface area contributed by atoms with Gasteiger partial charge >= 0.3 is 6.03 Å². The molecule has 5 nitrogen and oxygen atoms in total. The number of amides is 2. The summed E-state index contributed by atoms with van der Waals surface area (Å²) in [7, 11) is 1.46. The van der Waals surface area contributed by atoms with E-state index in [1.54, 1.807) is 12.1 Å². The number of benzene rings is 1. The molecule has 0 saturated heterocycles. The number of hydrogen-bond acceptors (Lipinski definition) is 3. The molecule has 0 aliphatic rings. The van der Waals surface area contributed by atoms with E-state index < -0.39 is 17.9 Å². The highest BCUT2D eigenvalue weighted by Gasteiger charge is 2.08. The van der Waals surface area contributed by atoms with Gasteiger partial charge in [0.15, 0.2) is 0 Å². The van der Waals surface area contributed by atoms with Crippen molar-refractivity contribution in [1.29, 1.82) is 0 Å². The van der Waals surface area contributed by atoms with E-state index in [0.29, 0.717) is 16.5 Å². The van der Waals surface area contributed by atoms with Gasteiger partial charge in [-0.3, -0.25) is 0 Å². The number of carbonyl (C=O) groups excluding carboxylic acids is 1. The molecule has 0 unspecified atom stereocenters. The summed E-state index contributed by atoms with van der Waals surface area (Å²) in [6, 6.07) is 5.70. The minimum Gasteiger partial charge on any atom is -0.497 e. The van der Waals surface area contributed by atoms with Gasteiger partial charge in [-0.1, -0.05) is 11.6 Å². The van der Waals surface area contributed by atoms with E-state index in [2.05, 4.69) is 15.6 Å². The first kappa shape index (κ1) is 15.0. The van der Waals surface area contributed by atoms with Gasteiger partial charge in [0.05, 0.1) is 12.8 Å². The fraction of sp³-hybridized carbons (Fsp3) is 0.0769. The third-order valence-corrected chi connectivity index (χ3v) is 2.60. The summed E-state index contributed by atoms with van der Waals surface area (Å²) in [6.07, 6.45) is 0. The molecule has 1 aromatic carbocycles. The molecule has 2 amide bonds. The lowest BCUT2D eigenvalue weighted by Gasteiger charge is -2.09. The molecular formula is C13H10ClF2N3O2. The largest absolute Gasteiger partial charge is 0.497 e. The Labute approximate surface area is 123 Å². The molecule has 110 valence electrons. The number of methoxy groups -OCH3 is 1. The first-order valence-corrected chi connectivity index (χ1v) is 6.10. The van der Waals surface area contributed by atoms with Gasteiger partial charge in [-0.15, -0.1) is 0 Å². The van der Waals surface area contributed by atoms with Crippen LogP contribution >= 0.6 is 11.6 Å². The van der Waals surface area contributed by atoms with Crippen LogP contribution in [0.5, 0.6) is 5.75 Å². The SMILES string of the molecule is COc1cc(Cl)cc(NC(=O)Nc2cc(F)nc(F)c2)c1. The number of carbonyl (C=O) groups is 1. The maximum Gasteiger partial charge on any atom is 0.323 e. The van der Waals surface area contributed by atoms with Gasteiger partial charge in [-0.25, -0.2) is 4.79 Å². The Bertz CT molecular complexity index is 662. The van der Waals surface area contributed by atoms with Crippen molar-refractivity contribution in [2.45, 2.75) is 0 Å². The molecule has 2 N–H and O–H groups in total. The van der Waals surface area contributed by atoms with E-state index in [1.165, 1.54) is 13.2 Å². The number of aromatic nitrogens is 1. The quantitative estimate of drug-likeness (QED) is 0.850. The van der Waals surface area contributed by atoms with Crippen molar-refractivity contribution < 1.29 is 18.3 Å². The number of urea groups is 1. The number of nitrogens with zero attached hydrogens (tertiary/aromatic N) is 1. The maximum atomic E-state index is 12.9. The monoisotopic (exact) mass is 313 g/mol. The lowest BCUT2D eigenvalue weighted by Crippen LogP contribution is -2.19. The Morgan fingerprint density at radius 3 is 2.24 bits per heavy atom. The van der Waals surface area contributed by atoms with Gasteiger partial charge in [0, 0.05) is 28.9 Å². The molecular weight excluding hydrogens is 304 g/mol. The van der Waals surface area contributed by atoms with Crippen molar-refractivity contribution in [1.82, 2.24) is 4.98 Å². The summed E-state index contributed by atoms with van der Waals surface area (Å²) in [4.78, 5) is 14.7. The summed E-state index contributed by atoms with van der Waals surface area (Å²) < 4.78 is 30.8. The third kappa shape index (κ3) is 4.28. The average molecular weight is 314 g/mol. The van der Waals surface area contributed by atoms with Gasteiger partial charge in [-0.05, 0) is 12.1 Å². The van der Waals surface area contributed by atoms with Crippen LogP contribution in [0.2, 0.25) is 5.02 Å². The summed E-state index contributed by atoms with van der Waals surface area (Å²) in [5.41, 5.74) is 0.304. The topological polar surface area (TPSA) is 63.2 Å².